The van der Waals surface area contributed by atoms with E-state index >= 15 is 0 Å². The van der Waals surface area contributed by atoms with Gasteiger partial charge >= 0.3 is 75.7 Å². The van der Waals surface area contributed by atoms with Crippen molar-refractivity contribution in [2.75, 3.05) is 14.2 Å². The molecule has 588 valence electrons. The topological polar surface area (TPSA) is 18.5 Å². The third-order valence-corrected chi connectivity index (χ3v) is 29.7. The monoisotopic (exact) mass is 1680 g/mol. The van der Waals surface area contributed by atoms with Gasteiger partial charge in [-0.1, -0.05) is 271 Å². The Balaban J connectivity index is 0.000000300. The van der Waals surface area contributed by atoms with Crippen LogP contribution >= 0.6 is 34.1 Å². The van der Waals surface area contributed by atoms with Crippen molar-refractivity contribution < 1.29 is 51.2 Å². The third kappa shape index (κ3) is 21.1. The fourth-order valence-corrected chi connectivity index (χ4v) is 24.5. The van der Waals surface area contributed by atoms with Crippen LogP contribution < -0.4 is 0 Å². The predicted molar refractivity (Wildman–Crippen MR) is 457 cm³/mol. The summed E-state index contributed by atoms with van der Waals surface area (Å²) in [4.78, 5) is 0. The Morgan fingerprint density at radius 2 is 0.613 bits per heavy atom. The Hall–Kier alpha value is -1.05. The van der Waals surface area contributed by atoms with Crippen LogP contribution in [0.25, 0.3) is 0 Å². The van der Waals surface area contributed by atoms with Crippen LogP contribution in [0.2, 0.25) is 0 Å². The average Bonchev–Trinajstić information content (AvgIpc) is 1.54. The molecule has 5 aromatic rings. The summed E-state index contributed by atoms with van der Waals surface area (Å²) in [6, 6.07) is 53.9. The third-order valence-electron chi connectivity index (χ3n) is 29.7. The first-order valence-electron chi connectivity index (χ1n) is 40.5. The van der Waals surface area contributed by atoms with E-state index in [-0.39, 0.29) is 52.1 Å². The number of hydrogen-bond acceptors (Lipinski definition) is 2. The van der Waals surface area contributed by atoms with E-state index in [1.54, 1.807) is 11.1 Å². The minimum atomic E-state index is -0.826. The first-order valence-corrected chi connectivity index (χ1v) is 53.2. The van der Waals surface area contributed by atoms with Crippen molar-refractivity contribution in [2.45, 2.75) is 261 Å². The van der Waals surface area contributed by atoms with E-state index in [0.29, 0.717) is 52.4 Å². The first kappa shape index (κ1) is 93.8. The van der Waals surface area contributed by atoms with Crippen LogP contribution in [0.1, 0.15) is 277 Å². The number of rotatable bonds is 11. The Bertz CT molecular complexity index is 3330. The second kappa shape index (κ2) is 39.5. The van der Waals surface area contributed by atoms with Crippen LogP contribution in [-0.2, 0) is 62.0 Å². The summed E-state index contributed by atoms with van der Waals surface area (Å²) in [7, 11) is 23.7. The molecule has 5 aromatic carbocycles. The summed E-state index contributed by atoms with van der Waals surface area (Å²) in [6.07, 6.45) is 17.2. The predicted octanol–water partition coefficient (Wildman–Crippen LogP) is 29.8. The van der Waals surface area contributed by atoms with Gasteiger partial charge in [-0.25, -0.2) is 0 Å². The molecule has 0 spiro atoms. The van der Waals surface area contributed by atoms with Crippen molar-refractivity contribution in [3.8, 4) is 0 Å². The molecular formula is C98H148Cl4O2Zr2. The maximum absolute atomic E-state index is 6.55. The summed E-state index contributed by atoms with van der Waals surface area (Å²) in [6.45, 7) is 47.7. The van der Waals surface area contributed by atoms with E-state index < -0.39 is 41.7 Å². The number of halogens is 4. The summed E-state index contributed by atoms with van der Waals surface area (Å²) in [5, 5.41) is 0. The Kier molecular flexibility index (Phi) is 35.0. The van der Waals surface area contributed by atoms with E-state index in [9.17, 15) is 0 Å². The summed E-state index contributed by atoms with van der Waals surface area (Å²) in [5.41, 5.74) is 12.0. The SMILES string of the molecule is COC1C(c2ccccc2)C2CC(C)C(CC3C(C)CC4C(c5cc(C(C)(C)C)cc(C(C)(C)C)c5)CC(C(C)(C)C)CC34)C2CC1C(C)(C)C.COC1C(c2ccccc2)CC2C(CC3C(C)CC4C(c5ccccc5)CC(C(C)(C)C)CC34)C(C)CC2C1c1ccccc1.[CH3-].[CH3-].[CH3-].[CH3-].[Cl][Zr+2][Cl].[Cl][Zr+2][Cl]. The van der Waals surface area contributed by atoms with Crippen molar-refractivity contribution in [3.63, 3.8) is 0 Å². The van der Waals surface area contributed by atoms with E-state index in [1.807, 2.05) is 14.2 Å². The molecule has 26 unspecified atom stereocenters. The molecule has 26 atom stereocenters. The molecule has 8 aliphatic carbocycles. The molecule has 2 nitrogen and oxygen atoms in total. The molecule has 8 saturated carbocycles. The zero-order chi connectivity index (χ0) is 74.1. The van der Waals surface area contributed by atoms with Crippen LogP contribution in [0.3, 0.4) is 0 Å². The first-order chi connectivity index (χ1) is 48.2. The molecule has 0 aliphatic heterocycles. The molecule has 0 N–H and O–H groups in total. The van der Waals surface area contributed by atoms with Crippen LogP contribution in [-0.4, -0.2) is 26.4 Å². The number of fused-ring (bicyclic) bond motifs is 4. The van der Waals surface area contributed by atoms with Crippen molar-refractivity contribution in [2.24, 2.45) is 129 Å². The zero-order valence-corrected chi connectivity index (χ0v) is 79.0. The molecule has 106 heavy (non-hydrogen) atoms. The van der Waals surface area contributed by atoms with Crippen LogP contribution in [0.4, 0.5) is 0 Å². The van der Waals surface area contributed by atoms with Crippen LogP contribution in [0, 0.1) is 158 Å². The zero-order valence-electron chi connectivity index (χ0n) is 71.1. The second-order valence-corrected chi connectivity index (χ2v) is 47.7. The Morgan fingerprint density at radius 1 is 0.321 bits per heavy atom. The van der Waals surface area contributed by atoms with Crippen molar-refractivity contribution >= 4 is 34.1 Å². The van der Waals surface area contributed by atoms with Gasteiger partial charge < -0.3 is 39.2 Å². The van der Waals surface area contributed by atoms with Gasteiger partial charge in [0.1, 0.15) is 0 Å². The van der Waals surface area contributed by atoms with E-state index in [2.05, 4.69) is 271 Å². The van der Waals surface area contributed by atoms with Gasteiger partial charge in [-0.2, -0.15) is 0 Å². The minimum absolute atomic E-state index is 0. The summed E-state index contributed by atoms with van der Waals surface area (Å²) in [5.74, 6) is 17.8. The molecule has 0 saturated heterocycles. The molecule has 8 fully saturated rings. The average molecular weight is 1680 g/mol. The van der Waals surface area contributed by atoms with Crippen molar-refractivity contribution in [1.29, 1.82) is 0 Å². The summed E-state index contributed by atoms with van der Waals surface area (Å²) < 4.78 is 13.1. The van der Waals surface area contributed by atoms with Gasteiger partial charge in [-0.05, 0) is 267 Å². The van der Waals surface area contributed by atoms with Crippen LogP contribution in [0.15, 0.2) is 140 Å². The molecule has 0 aromatic heterocycles. The van der Waals surface area contributed by atoms with Gasteiger partial charge in [0, 0.05) is 32.0 Å². The standard InChI is InChI=1S/C50H78O.C44H58O.4CH3.4ClH.2Zr/c1-30-21-40-39(33-23-34(47(3,4)5)25-35(24-33)48(6,7)8)26-36(49(9,10)11)27-41(40)37(30)28-38-31(2)22-43-42(38)29-44(50(12,13)14)46(51-15)45(43)32-19-17-16-18-20-32;1-28-22-38-36(30-16-10-7-11-17-30)24-33(44(3,4)5)25-39(38)34(28)26-35-29(2)23-41-40(35)27-37(31-18-12-8-13-19-31)43(45-6)42(41)32-20-14-9-15-21-32;;;;;;;;;;/h16-20,23-25,30-31,36-46H,21-22,26-29H2,1-15H3;7-21,28-29,33-43H,22-27H2,1-6H3;4*1H3;4*1H;;/q;;4*-1;;;;;2*+4/p-4. The molecule has 0 amide bonds. The van der Waals surface area contributed by atoms with Gasteiger partial charge in [-0.3, -0.25) is 0 Å². The van der Waals surface area contributed by atoms with E-state index in [4.69, 9.17) is 43.5 Å². The number of methoxy groups -OCH3 is 2. The molecular weight excluding hydrogens is 1530 g/mol. The van der Waals surface area contributed by atoms with Gasteiger partial charge in [0.05, 0.1) is 12.2 Å². The summed E-state index contributed by atoms with van der Waals surface area (Å²) >= 11 is -1.65. The van der Waals surface area contributed by atoms with Gasteiger partial charge in [0.15, 0.2) is 0 Å². The van der Waals surface area contributed by atoms with Crippen molar-refractivity contribution in [3.05, 3.63) is 208 Å². The number of benzene rings is 5. The van der Waals surface area contributed by atoms with E-state index in [0.717, 1.165) is 107 Å². The molecule has 8 heteroatoms. The van der Waals surface area contributed by atoms with E-state index in [1.165, 1.54) is 105 Å². The number of hydrogen-bond donors (Lipinski definition) is 0. The molecule has 8 aliphatic rings. The molecule has 0 radical (unpaired) electrons. The maximum atomic E-state index is 6.55. The molecule has 0 bridgehead atoms. The van der Waals surface area contributed by atoms with Gasteiger partial charge in [0.2, 0.25) is 0 Å². The fraction of sp³-hybridized carbons (Fsp3) is 0.653. The second-order valence-electron chi connectivity index (χ2n) is 40.2. The van der Waals surface area contributed by atoms with Crippen molar-refractivity contribution in [1.82, 2.24) is 0 Å². The normalized spacial score (nSPS) is 35.2. The molecule has 0 heterocycles. The number of ether oxygens (including phenoxy) is 2. The molecule has 13 rings (SSSR count). The Labute approximate surface area is 691 Å². The fourth-order valence-electron chi connectivity index (χ4n) is 24.5. The van der Waals surface area contributed by atoms with Gasteiger partial charge in [0.25, 0.3) is 0 Å². The Morgan fingerprint density at radius 3 is 0.934 bits per heavy atom. The van der Waals surface area contributed by atoms with Gasteiger partial charge in [-0.15, -0.1) is 0 Å². The van der Waals surface area contributed by atoms with Crippen LogP contribution in [0.5, 0.6) is 0 Å². The quantitative estimate of drug-likeness (QED) is 0.123.